The maximum atomic E-state index is 12.2. The highest BCUT2D eigenvalue weighted by Gasteiger charge is 2.34. The summed E-state index contributed by atoms with van der Waals surface area (Å²) in [7, 11) is 0. The molecule has 1 unspecified atom stereocenters. The quantitative estimate of drug-likeness (QED) is 0.822. The second-order valence-electron chi connectivity index (χ2n) is 3.85. The standard InChI is InChI=1S/C12H13F3OS/c1-8-3-5-10(6-4-8)7-11(9(2)16)17-12(13,14)15/h3-6,11H,7H2,1-2H3. The molecular weight excluding hydrogens is 249 g/mol. The molecule has 0 aromatic heterocycles. The third-order valence-corrected chi connectivity index (χ3v) is 3.32. The zero-order chi connectivity index (χ0) is 13.1. The molecule has 0 spiro atoms. The number of rotatable bonds is 4. The number of benzene rings is 1. The fourth-order valence-electron chi connectivity index (χ4n) is 1.37. The number of aryl methyl sites for hydroxylation is 1. The van der Waals surface area contributed by atoms with E-state index < -0.39 is 16.5 Å². The van der Waals surface area contributed by atoms with E-state index in [0.717, 1.165) is 11.1 Å². The van der Waals surface area contributed by atoms with E-state index in [4.69, 9.17) is 0 Å². The van der Waals surface area contributed by atoms with Crippen LogP contribution in [-0.4, -0.2) is 16.5 Å². The molecule has 5 heteroatoms. The Bertz CT molecular complexity index is 384. The summed E-state index contributed by atoms with van der Waals surface area (Å²) in [5.41, 5.74) is -2.59. The first-order chi connectivity index (χ1) is 7.78. The van der Waals surface area contributed by atoms with Crippen LogP contribution in [0.4, 0.5) is 13.2 Å². The van der Waals surface area contributed by atoms with Gasteiger partial charge in [0, 0.05) is 0 Å². The summed E-state index contributed by atoms with van der Waals surface area (Å²) in [6.07, 6.45) is 0.111. The van der Waals surface area contributed by atoms with Crippen molar-refractivity contribution in [3.63, 3.8) is 0 Å². The molecule has 0 radical (unpaired) electrons. The lowest BCUT2D eigenvalue weighted by atomic mass is 10.1. The highest BCUT2D eigenvalue weighted by atomic mass is 32.2. The van der Waals surface area contributed by atoms with Crippen LogP contribution in [0.3, 0.4) is 0 Å². The average molecular weight is 262 g/mol. The fourth-order valence-corrected chi connectivity index (χ4v) is 2.13. The van der Waals surface area contributed by atoms with Gasteiger partial charge in [0.05, 0.1) is 5.25 Å². The SMILES string of the molecule is CC(=O)C(Cc1ccc(C)cc1)SC(F)(F)F. The maximum Gasteiger partial charge on any atom is 0.442 e. The van der Waals surface area contributed by atoms with Gasteiger partial charge in [-0.3, -0.25) is 4.79 Å². The Morgan fingerprint density at radius 1 is 1.29 bits per heavy atom. The average Bonchev–Trinajstić information content (AvgIpc) is 2.18. The van der Waals surface area contributed by atoms with Crippen molar-refractivity contribution < 1.29 is 18.0 Å². The van der Waals surface area contributed by atoms with Crippen LogP contribution in [0.1, 0.15) is 18.1 Å². The number of alkyl halides is 3. The van der Waals surface area contributed by atoms with Crippen molar-refractivity contribution in [2.24, 2.45) is 0 Å². The Kier molecular flexibility index (Phi) is 4.62. The van der Waals surface area contributed by atoms with E-state index in [2.05, 4.69) is 0 Å². The summed E-state index contributed by atoms with van der Waals surface area (Å²) >= 11 is -0.241. The Morgan fingerprint density at radius 2 is 1.82 bits per heavy atom. The molecule has 1 aromatic carbocycles. The Morgan fingerprint density at radius 3 is 2.24 bits per heavy atom. The summed E-state index contributed by atoms with van der Waals surface area (Å²) in [5, 5.41) is -1.06. The molecule has 0 heterocycles. The van der Waals surface area contributed by atoms with Gasteiger partial charge in [0.2, 0.25) is 0 Å². The van der Waals surface area contributed by atoms with Crippen LogP contribution in [0.2, 0.25) is 0 Å². The summed E-state index contributed by atoms with van der Waals surface area (Å²) in [4.78, 5) is 11.2. The van der Waals surface area contributed by atoms with Crippen LogP contribution in [0.5, 0.6) is 0 Å². The minimum absolute atomic E-state index is 0.111. The Hall–Kier alpha value is -0.970. The van der Waals surface area contributed by atoms with Gasteiger partial charge in [0.15, 0.2) is 0 Å². The number of hydrogen-bond acceptors (Lipinski definition) is 2. The molecule has 0 bridgehead atoms. The first kappa shape index (κ1) is 14.1. The van der Waals surface area contributed by atoms with Crippen LogP contribution in [0, 0.1) is 6.92 Å². The van der Waals surface area contributed by atoms with E-state index in [9.17, 15) is 18.0 Å². The Labute approximate surface area is 102 Å². The predicted molar refractivity (Wildman–Crippen MR) is 63.0 cm³/mol. The third-order valence-electron chi connectivity index (χ3n) is 2.27. The number of carbonyl (C=O) groups is 1. The zero-order valence-electron chi connectivity index (χ0n) is 9.54. The molecule has 17 heavy (non-hydrogen) atoms. The van der Waals surface area contributed by atoms with Crippen LogP contribution < -0.4 is 0 Å². The van der Waals surface area contributed by atoms with Crippen molar-refractivity contribution in [2.75, 3.05) is 0 Å². The van der Waals surface area contributed by atoms with Gasteiger partial charge in [-0.05, 0) is 37.6 Å². The minimum atomic E-state index is -4.37. The first-order valence-corrected chi connectivity index (χ1v) is 5.96. The molecule has 1 nitrogen and oxygen atoms in total. The lowest BCUT2D eigenvalue weighted by Crippen LogP contribution is -2.21. The van der Waals surface area contributed by atoms with Crippen molar-refractivity contribution in [1.82, 2.24) is 0 Å². The molecule has 0 aliphatic rings. The molecule has 1 rings (SSSR count). The molecular formula is C12H13F3OS. The van der Waals surface area contributed by atoms with E-state index in [0.29, 0.717) is 0 Å². The minimum Gasteiger partial charge on any atom is -0.299 e. The van der Waals surface area contributed by atoms with Crippen LogP contribution in [0.25, 0.3) is 0 Å². The van der Waals surface area contributed by atoms with Crippen molar-refractivity contribution >= 4 is 17.5 Å². The summed E-state index contributed by atoms with van der Waals surface area (Å²) in [6, 6.07) is 7.15. The van der Waals surface area contributed by atoms with Gasteiger partial charge in [0.25, 0.3) is 0 Å². The van der Waals surface area contributed by atoms with Crippen molar-refractivity contribution in [3.05, 3.63) is 35.4 Å². The predicted octanol–water partition coefficient (Wildman–Crippen LogP) is 3.75. The molecule has 0 aliphatic carbocycles. The summed E-state index contributed by atoms with van der Waals surface area (Å²) in [5.74, 6) is -0.451. The van der Waals surface area contributed by atoms with Gasteiger partial charge in [-0.25, -0.2) is 0 Å². The topological polar surface area (TPSA) is 17.1 Å². The number of carbonyl (C=O) groups excluding carboxylic acids is 1. The third kappa shape index (κ3) is 5.26. The van der Waals surface area contributed by atoms with E-state index in [1.165, 1.54) is 6.92 Å². The normalized spacial score (nSPS) is 13.5. The first-order valence-electron chi connectivity index (χ1n) is 5.08. The molecule has 0 N–H and O–H groups in total. The summed E-state index contributed by atoms with van der Waals surface area (Å²) in [6.45, 7) is 3.09. The lowest BCUT2D eigenvalue weighted by molar-refractivity contribution is -0.116. The second kappa shape index (κ2) is 5.58. The fraction of sp³-hybridized carbons (Fsp3) is 0.417. The van der Waals surface area contributed by atoms with Gasteiger partial charge >= 0.3 is 5.51 Å². The van der Waals surface area contributed by atoms with E-state index in [1.54, 1.807) is 12.1 Å². The molecule has 0 saturated carbocycles. The van der Waals surface area contributed by atoms with Crippen LogP contribution in [0.15, 0.2) is 24.3 Å². The number of thioether (sulfide) groups is 1. The summed E-state index contributed by atoms with van der Waals surface area (Å²) < 4.78 is 36.7. The molecule has 0 aliphatic heterocycles. The number of Topliss-reactive ketones (excluding diaryl/α,β-unsaturated/α-hetero) is 1. The molecule has 1 atom stereocenters. The van der Waals surface area contributed by atoms with Crippen LogP contribution >= 0.6 is 11.8 Å². The Balaban J connectivity index is 2.73. The van der Waals surface area contributed by atoms with Gasteiger partial charge < -0.3 is 0 Å². The number of ketones is 1. The van der Waals surface area contributed by atoms with E-state index >= 15 is 0 Å². The van der Waals surface area contributed by atoms with Gasteiger partial charge in [-0.1, -0.05) is 29.8 Å². The maximum absolute atomic E-state index is 12.2. The largest absolute Gasteiger partial charge is 0.442 e. The van der Waals surface area contributed by atoms with Crippen molar-refractivity contribution in [2.45, 2.75) is 31.0 Å². The van der Waals surface area contributed by atoms with Crippen molar-refractivity contribution in [1.29, 1.82) is 0 Å². The second-order valence-corrected chi connectivity index (χ2v) is 5.12. The zero-order valence-corrected chi connectivity index (χ0v) is 10.4. The van der Waals surface area contributed by atoms with Crippen molar-refractivity contribution in [3.8, 4) is 0 Å². The molecule has 0 fully saturated rings. The van der Waals surface area contributed by atoms with Gasteiger partial charge in [-0.2, -0.15) is 13.2 Å². The molecule has 0 saturated heterocycles. The molecule has 0 amide bonds. The number of hydrogen-bond donors (Lipinski definition) is 0. The highest BCUT2D eigenvalue weighted by molar-refractivity contribution is 8.01. The molecule has 94 valence electrons. The highest BCUT2D eigenvalue weighted by Crippen LogP contribution is 2.35. The lowest BCUT2D eigenvalue weighted by Gasteiger charge is -2.15. The van der Waals surface area contributed by atoms with E-state index in [-0.39, 0.29) is 18.2 Å². The number of halogens is 3. The molecule has 1 aromatic rings. The van der Waals surface area contributed by atoms with Crippen LogP contribution in [-0.2, 0) is 11.2 Å². The van der Waals surface area contributed by atoms with Gasteiger partial charge in [-0.15, -0.1) is 0 Å². The smallest absolute Gasteiger partial charge is 0.299 e. The van der Waals surface area contributed by atoms with E-state index in [1.807, 2.05) is 19.1 Å². The monoisotopic (exact) mass is 262 g/mol. The van der Waals surface area contributed by atoms with Gasteiger partial charge in [0.1, 0.15) is 5.78 Å².